The molecule has 0 atom stereocenters. The van der Waals surface area contributed by atoms with Crippen LogP contribution in [0.3, 0.4) is 0 Å². The minimum atomic E-state index is 1.35. The number of rotatable bonds is 1. The van der Waals surface area contributed by atoms with Gasteiger partial charge in [-0.2, -0.15) is 0 Å². The second-order valence-corrected chi connectivity index (χ2v) is 7.31. The average Bonchev–Trinajstić information content (AvgIpc) is 2.84. The molecule has 0 amide bonds. The van der Waals surface area contributed by atoms with Crippen LogP contribution in [0, 0.1) is 6.92 Å². The van der Waals surface area contributed by atoms with E-state index in [0.717, 1.165) is 0 Å². The van der Waals surface area contributed by atoms with E-state index in [1.54, 1.807) is 0 Å². The molecule has 0 saturated carbocycles. The Hall–Kier alpha value is -0.640. The van der Waals surface area contributed by atoms with Crippen molar-refractivity contribution < 1.29 is 0 Å². The molecule has 1 aromatic carbocycles. The fourth-order valence-electron chi connectivity index (χ4n) is 1.56. The molecule has 0 spiro atoms. The van der Waals surface area contributed by atoms with Gasteiger partial charge in [-0.05, 0) is 37.3 Å². The smallest absolute Gasteiger partial charge is 0.0513 e. The Morgan fingerprint density at radius 3 is 2.19 bits per heavy atom. The Balaban J connectivity index is 1.88. The predicted octanol–water partition coefficient (Wildman–Crippen LogP) is 5.25. The maximum Gasteiger partial charge on any atom is 0.0513 e. The van der Waals surface area contributed by atoms with Crippen molar-refractivity contribution in [1.82, 2.24) is 0 Å². The second-order valence-electron chi connectivity index (χ2n) is 3.56. The van der Waals surface area contributed by atoms with Gasteiger partial charge in [-0.15, -0.1) is 11.3 Å². The van der Waals surface area contributed by atoms with Crippen LogP contribution in [0.1, 0.15) is 9.75 Å². The molecule has 0 fully saturated rings. The molecule has 80 valence electrons. The lowest BCUT2D eigenvalue weighted by atomic mass is 10.4. The lowest BCUT2D eigenvalue weighted by Crippen LogP contribution is -1.65. The Morgan fingerprint density at radius 1 is 0.938 bits per heavy atom. The van der Waals surface area contributed by atoms with Crippen LogP contribution in [0.4, 0.5) is 0 Å². The zero-order valence-electron chi connectivity index (χ0n) is 8.77. The van der Waals surface area contributed by atoms with E-state index in [9.17, 15) is 0 Å². The van der Waals surface area contributed by atoms with E-state index < -0.39 is 0 Å². The number of hydrogen-bond donors (Lipinski definition) is 0. The van der Waals surface area contributed by atoms with Gasteiger partial charge in [0, 0.05) is 19.5 Å². The third-order valence-electron chi connectivity index (χ3n) is 2.29. The molecule has 2 heterocycles. The molecule has 0 aliphatic carbocycles. The zero-order valence-corrected chi connectivity index (χ0v) is 11.2. The van der Waals surface area contributed by atoms with E-state index >= 15 is 0 Å². The standard InChI is InChI=1S/C13H10S3/c1-9-6-7-10(14-9)8-13-15-11-4-2-3-5-12(11)16-13/h2-8H,1H3. The van der Waals surface area contributed by atoms with E-state index in [0.29, 0.717) is 0 Å². The molecule has 0 saturated heterocycles. The lowest BCUT2D eigenvalue weighted by molar-refractivity contribution is 1.27. The molecular weight excluding hydrogens is 252 g/mol. The maximum atomic E-state index is 2.28. The van der Waals surface area contributed by atoms with Gasteiger partial charge in [0.05, 0.1) is 4.24 Å². The molecular formula is C13H10S3. The Bertz CT molecular complexity index is 525. The fraction of sp³-hybridized carbons (Fsp3) is 0.0769. The summed E-state index contributed by atoms with van der Waals surface area (Å²) >= 11 is 5.59. The van der Waals surface area contributed by atoms with Gasteiger partial charge >= 0.3 is 0 Å². The molecule has 2 aromatic rings. The Morgan fingerprint density at radius 2 is 1.62 bits per heavy atom. The summed E-state index contributed by atoms with van der Waals surface area (Å²) in [6.07, 6.45) is 2.28. The number of fused-ring (bicyclic) bond motifs is 1. The minimum Gasteiger partial charge on any atom is -0.141 e. The topological polar surface area (TPSA) is 0 Å². The lowest BCUT2D eigenvalue weighted by Gasteiger charge is -1.91. The molecule has 16 heavy (non-hydrogen) atoms. The Kier molecular flexibility index (Phi) is 2.84. The van der Waals surface area contributed by atoms with Crippen molar-refractivity contribution in [3.8, 4) is 0 Å². The summed E-state index contributed by atoms with van der Waals surface area (Å²) < 4.78 is 1.38. The van der Waals surface area contributed by atoms with Crippen LogP contribution in [-0.4, -0.2) is 0 Å². The Labute approximate surface area is 108 Å². The van der Waals surface area contributed by atoms with Gasteiger partial charge in [0.2, 0.25) is 0 Å². The zero-order chi connectivity index (χ0) is 11.0. The number of hydrogen-bond acceptors (Lipinski definition) is 3. The van der Waals surface area contributed by atoms with Crippen LogP contribution < -0.4 is 0 Å². The molecule has 1 aliphatic rings. The minimum absolute atomic E-state index is 1.35. The van der Waals surface area contributed by atoms with E-state index in [-0.39, 0.29) is 0 Å². The predicted molar refractivity (Wildman–Crippen MR) is 75.2 cm³/mol. The highest BCUT2D eigenvalue weighted by atomic mass is 32.2. The number of aryl methyl sites for hydroxylation is 1. The summed E-state index contributed by atoms with van der Waals surface area (Å²) in [4.78, 5) is 5.48. The first-order valence-corrected chi connectivity index (χ1v) is 7.49. The largest absolute Gasteiger partial charge is 0.141 e. The van der Waals surface area contributed by atoms with E-state index in [4.69, 9.17) is 0 Å². The van der Waals surface area contributed by atoms with Crippen molar-refractivity contribution in [3.05, 3.63) is 50.4 Å². The summed E-state index contributed by atoms with van der Waals surface area (Å²) in [7, 11) is 0. The first kappa shape index (κ1) is 10.5. The summed E-state index contributed by atoms with van der Waals surface area (Å²) in [6, 6.07) is 12.9. The summed E-state index contributed by atoms with van der Waals surface area (Å²) in [6.45, 7) is 2.15. The molecule has 3 heteroatoms. The summed E-state index contributed by atoms with van der Waals surface area (Å²) in [5, 5.41) is 0. The number of thioether (sulfide) groups is 2. The van der Waals surface area contributed by atoms with E-state index in [1.165, 1.54) is 23.8 Å². The highest BCUT2D eigenvalue weighted by molar-refractivity contribution is 8.25. The maximum absolute atomic E-state index is 2.28. The second kappa shape index (κ2) is 4.32. The van der Waals surface area contributed by atoms with E-state index in [2.05, 4.69) is 49.4 Å². The van der Waals surface area contributed by atoms with E-state index in [1.807, 2.05) is 34.9 Å². The van der Waals surface area contributed by atoms with Crippen molar-refractivity contribution in [3.63, 3.8) is 0 Å². The number of thiophene rings is 1. The van der Waals surface area contributed by atoms with Crippen molar-refractivity contribution in [2.24, 2.45) is 0 Å². The highest BCUT2D eigenvalue weighted by Crippen LogP contribution is 2.51. The molecule has 1 aromatic heterocycles. The summed E-state index contributed by atoms with van der Waals surface area (Å²) in [5.41, 5.74) is 0. The third kappa shape index (κ3) is 2.08. The molecule has 0 bridgehead atoms. The molecule has 0 radical (unpaired) electrons. The van der Waals surface area contributed by atoms with Gasteiger partial charge in [0.25, 0.3) is 0 Å². The van der Waals surface area contributed by atoms with Gasteiger partial charge < -0.3 is 0 Å². The molecule has 1 aliphatic heterocycles. The van der Waals surface area contributed by atoms with Gasteiger partial charge in [-0.25, -0.2) is 0 Å². The van der Waals surface area contributed by atoms with Crippen LogP contribution >= 0.6 is 34.9 Å². The van der Waals surface area contributed by atoms with Gasteiger partial charge in [0.1, 0.15) is 0 Å². The first-order chi connectivity index (χ1) is 7.81. The van der Waals surface area contributed by atoms with Crippen LogP contribution in [-0.2, 0) is 0 Å². The number of benzene rings is 1. The normalized spacial score (nSPS) is 13.9. The molecule has 0 unspecified atom stereocenters. The highest BCUT2D eigenvalue weighted by Gasteiger charge is 2.16. The third-order valence-corrected chi connectivity index (χ3v) is 5.66. The summed E-state index contributed by atoms with van der Waals surface area (Å²) in [5.74, 6) is 0. The molecule has 0 nitrogen and oxygen atoms in total. The van der Waals surface area contributed by atoms with Crippen LogP contribution in [0.5, 0.6) is 0 Å². The first-order valence-electron chi connectivity index (χ1n) is 5.04. The molecule has 3 rings (SSSR count). The van der Waals surface area contributed by atoms with Crippen LogP contribution in [0.25, 0.3) is 6.08 Å². The average molecular weight is 262 g/mol. The van der Waals surface area contributed by atoms with Gasteiger partial charge in [0.15, 0.2) is 0 Å². The van der Waals surface area contributed by atoms with Gasteiger partial charge in [-0.1, -0.05) is 35.7 Å². The SMILES string of the molecule is Cc1ccc(C=C2Sc3ccccc3S2)s1. The fourth-order valence-corrected chi connectivity index (χ4v) is 4.92. The van der Waals surface area contributed by atoms with Crippen molar-refractivity contribution in [2.45, 2.75) is 16.7 Å². The van der Waals surface area contributed by atoms with Crippen LogP contribution in [0.2, 0.25) is 0 Å². The van der Waals surface area contributed by atoms with Gasteiger partial charge in [-0.3, -0.25) is 0 Å². The molecule has 0 N–H and O–H groups in total. The van der Waals surface area contributed by atoms with Crippen molar-refractivity contribution >= 4 is 40.9 Å². The monoisotopic (exact) mass is 262 g/mol. The van der Waals surface area contributed by atoms with Crippen molar-refractivity contribution in [1.29, 1.82) is 0 Å². The quantitative estimate of drug-likeness (QED) is 0.688. The van der Waals surface area contributed by atoms with Crippen LogP contribution in [0.15, 0.2) is 50.4 Å². The van der Waals surface area contributed by atoms with Crippen molar-refractivity contribution in [2.75, 3.05) is 0 Å².